The van der Waals surface area contributed by atoms with E-state index in [1.165, 1.54) is 22.3 Å². The van der Waals surface area contributed by atoms with Crippen molar-refractivity contribution < 1.29 is 8.42 Å². The van der Waals surface area contributed by atoms with E-state index in [1.807, 2.05) is 31.4 Å². The molecule has 7 heteroatoms. The van der Waals surface area contributed by atoms with Crippen molar-refractivity contribution in [2.24, 2.45) is 0 Å². The van der Waals surface area contributed by atoms with Crippen LogP contribution in [0, 0.1) is 11.3 Å². The van der Waals surface area contributed by atoms with Gasteiger partial charge in [-0.05, 0) is 24.8 Å². The fourth-order valence-electron chi connectivity index (χ4n) is 2.00. The van der Waals surface area contributed by atoms with Gasteiger partial charge >= 0.3 is 0 Å². The Balaban J connectivity index is 2.60. The fraction of sp³-hybridized carbons (Fsp3) is 0.500. The lowest BCUT2D eigenvalue weighted by Crippen LogP contribution is -2.31. The second-order valence-electron chi connectivity index (χ2n) is 4.53. The SMILES string of the molecule is CCN(CCCNc1cccc(SC)c1C#N)S(C)(=O)=O. The summed E-state index contributed by atoms with van der Waals surface area (Å²) in [6.45, 7) is 3.40. The molecule has 0 aliphatic rings. The first-order chi connectivity index (χ1) is 9.93. The monoisotopic (exact) mass is 327 g/mol. The molecule has 0 bridgehead atoms. The first kappa shape index (κ1) is 17.8. The predicted octanol–water partition coefficient (Wildman–Crippen LogP) is 2.36. The number of thioether (sulfide) groups is 1. The zero-order valence-electron chi connectivity index (χ0n) is 12.6. The van der Waals surface area contributed by atoms with Crippen LogP contribution >= 0.6 is 11.8 Å². The highest BCUT2D eigenvalue weighted by Gasteiger charge is 2.13. The lowest BCUT2D eigenvalue weighted by Gasteiger charge is -2.18. The van der Waals surface area contributed by atoms with Crippen LogP contribution in [0.15, 0.2) is 23.1 Å². The van der Waals surface area contributed by atoms with Crippen molar-refractivity contribution in [2.75, 3.05) is 37.5 Å². The highest BCUT2D eigenvalue weighted by Crippen LogP contribution is 2.26. The van der Waals surface area contributed by atoms with E-state index < -0.39 is 10.0 Å². The van der Waals surface area contributed by atoms with Gasteiger partial charge in [0.05, 0.1) is 17.5 Å². The lowest BCUT2D eigenvalue weighted by atomic mass is 10.2. The summed E-state index contributed by atoms with van der Waals surface area (Å²) in [5.74, 6) is 0. The lowest BCUT2D eigenvalue weighted by molar-refractivity contribution is 0.429. The molecule has 116 valence electrons. The van der Waals surface area contributed by atoms with E-state index in [-0.39, 0.29) is 0 Å². The molecule has 5 nitrogen and oxygen atoms in total. The minimum atomic E-state index is -3.13. The standard InChI is InChI=1S/C14H21N3O2S2/c1-4-17(21(3,18)19)10-6-9-16-13-7-5-8-14(20-2)12(13)11-15/h5,7-8,16H,4,6,9-10H2,1-3H3. The normalized spacial score (nSPS) is 11.4. The minimum Gasteiger partial charge on any atom is -0.384 e. The van der Waals surface area contributed by atoms with Gasteiger partial charge in [0, 0.05) is 24.5 Å². The number of anilines is 1. The molecule has 0 radical (unpaired) electrons. The van der Waals surface area contributed by atoms with Crippen molar-refractivity contribution in [1.82, 2.24) is 4.31 Å². The zero-order chi connectivity index (χ0) is 15.9. The molecule has 1 N–H and O–H groups in total. The number of sulfonamides is 1. The Hall–Kier alpha value is -1.23. The maximum absolute atomic E-state index is 11.5. The molecule has 0 saturated carbocycles. The summed E-state index contributed by atoms with van der Waals surface area (Å²) in [7, 11) is -3.13. The predicted molar refractivity (Wildman–Crippen MR) is 88.1 cm³/mol. The van der Waals surface area contributed by atoms with Crippen LogP contribution in [0.25, 0.3) is 0 Å². The Morgan fingerprint density at radius 2 is 2.14 bits per heavy atom. The molecular weight excluding hydrogens is 306 g/mol. The molecule has 0 saturated heterocycles. The van der Waals surface area contributed by atoms with Crippen LogP contribution in [0.2, 0.25) is 0 Å². The van der Waals surface area contributed by atoms with Gasteiger partial charge in [-0.3, -0.25) is 0 Å². The van der Waals surface area contributed by atoms with Crippen molar-refractivity contribution in [3.8, 4) is 6.07 Å². The third-order valence-electron chi connectivity index (χ3n) is 3.08. The zero-order valence-corrected chi connectivity index (χ0v) is 14.2. The van der Waals surface area contributed by atoms with Gasteiger partial charge in [0.2, 0.25) is 10.0 Å². The quantitative estimate of drug-likeness (QED) is 0.586. The van der Waals surface area contributed by atoms with Crippen LogP contribution in [-0.2, 0) is 10.0 Å². The molecule has 0 fully saturated rings. The van der Waals surface area contributed by atoms with Crippen molar-refractivity contribution in [3.63, 3.8) is 0 Å². The van der Waals surface area contributed by atoms with Gasteiger partial charge in [0.1, 0.15) is 6.07 Å². The highest BCUT2D eigenvalue weighted by atomic mass is 32.2. The third kappa shape index (κ3) is 5.23. The van der Waals surface area contributed by atoms with Gasteiger partial charge < -0.3 is 5.32 Å². The first-order valence-corrected chi connectivity index (χ1v) is 9.77. The molecule has 21 heavy (non-hydrogen) atoms. The maximum atomic E-state index is 11.5. The molecule has 1 rings (SSSR count). The third-order valence-corrected chi connectivity index (χ3v) is 5.24. The Kier molecular flexibility index (Phi) is 7.02. The van der Waals surface area contributed by atoms with Crippen molar-refractivity contribution in [3.05, 3.63) is 23.8 Å². The summed E-state index contributed by atoms with van der Waals surface area (Å²) >= 11 is 1.54. The van der Waals surface area contributed by atoms with Gasteiger partial charge in [-0.15, -0.1) is 11.8 Å². The van der Waals surface area contributed by atoms with E-state index in [0.717, 1.165) is 10.6 Å². The Labute approximate surface area is 131 Å². The van der Waals surface area contributed by atoms with E-state index in [1.54, 1.807) is 0 Å². The van der Waals surface area contributed by atoms with E-state index in [4.69, 9.17) is 0 Å². The molecule has 1 aromatic rings. The van der Waals surface area contributed by atoms with Gasteiger partial charge in [-0.2, -0.15) is 5.26 Å². The largest absolute Gasteiger partial charge is 0.384 e. The van der Waals surface area contributed by atoms with Crippen LogP contribution in [-0.4, -0.2) is 44.9 Å². The van der Waals surface area contributed by atoms with Crippen molar-refractivity contribution in [1.29, 1.82) is 5.26 Å². The molecule has 0 aliphatic carbocycles. The van der Waals surface area contributed by atoms with Crippen LogP contribution < -0.4 is 5.32 Å². The average molecular weight is 327 g/mol. The summed E-state index contributed by atoms with van der Waals surface area (Å²) in [5.41, 5.74) is 1.44. The van der Waals surface area contributed by atoms with Gasteiger partial charge in [-0.1, -0.05) is 13.0 Å². The highest BCUT2D eigenvalue weighted by molar-refractivity contribution is 7.98. The molecular formula is C14H21N3O2S2. The molecule has 1 aromatic carbocycles. The second-order valence-corrected chi connectivity index (χ2v) is 7.36. The number of benzene rings is 1. The summed E-state index contributed by atoms with van der Waals surface area (Å²) in [6.07, 6.45) is 3.85. The summed E-state index contributed by atoms with van der Waals surface area (Å²) in [6, 6.07) is 7.90. The number of rotatable bonds is 8. The number of hydrogen-bond donors (Lipinski definition) is 1. The minimum absolute atomic E-state index is 0.476. The van der Waals surface area contributed by atoms with E-state index in [9.17, 15) is 13.7 Å². The molecule has 0 aromatic heterocycles. The summed E-state index contributed by atoms with van der Waals surface area (Å²) in [5, 5.41) is 12.4. The van der Waals surface area contributed by atoms with Crippen LogP contribution in [0.1, 0.15) is 18.9 Å². The van der Waals surface area contributed by atoms with Gasteiger partial charge in [0.25, 0.3) is 0 Å². The Bertz CT molecular complexity index is 609. The first-order valence-electron chi connectivity index (χ1n) is 6.70. The molecule has 0 heterocycles. The number of nitriles is 1. The van der Waals surface area contributed by atoms with E-state index >= 15 is 0 Å². The van der Waals surface area contributed by atoms with E-state index in [2.05, 4.69) is 11.4 Å². The molecule has 0 spiro atoms. The molecule has 0 unspecified atom stereocenters. The Morgan fingerprint density at radius 3 is 2.67 bits per heavy atom. The topological polar surface area (TPSA) is 73.2 Å². The number of hydrogen-bond acceptors (Lipinski definition) is 5. The van der Waals surface area contributed by atoms with Gasteiger partial charge in [-0.25, -0.2) is 12.7 Å². The molecule has 0 amide bonds. The average Bonchev–Trinajstić information content (AvgIpc) is 2.45. The number of nitrogens with one attached hydrogen (secondary N) is 1. The van der Waals surface area contributed by atoms with Crippen molar-refractivity contribution >= 4 is 27.5 Å². The summed E-state index contributed by atoms with van der Waals surface area (Å²) < 4.78 is 24.4. The number of nitrogens with zero attached hydrogens (tertiary/aromatic N) is 2. The molecule has 0 aliphatic heterocycles. The maximum Gasteiger partial charge on any atom is 0.211 e. The van der Waals surface area contributed by atoms with Gasteiger partial charge in [0.15, 0.2) is 0 Å². The van der Waals surface area contributed by atoms with Crippen LogP contribution in [0.3, 0.4) is 0 Å². The van der Waals surface area contributed by atoms with Crippen LogP contribution in [0.4, 0.5) is 5.69 Å². The van der Waals surface area contributed by atoms with Crippen molar-refractivity contribution in [2.45, 2.75) is 18.2 Å². The summed E-state index contributed by atoms with van der Waals surface area (Å²) in [4.78, 5) is 0.939. The van der Waals surface area contributed by atoms with E-state index in [0.29, 0.717) is 31.6 Å². The fourth-order valence-corrected chi connectivity index (χ4v) is 3.50. The smallest absolute Gasteiger partial charge is 0.211 e. The molecule has 0 atom stereocenters. The Morgan fingerprint density at radius 1 is 1.43 bits per heavy atom. The van der Waals surface area contributed by atoms with Crippen LogP contribution in [0.5, 0.6) is 0 Å². The second kappa shape index (κ2) is 8.27.